The largest absolute Gasteiger partial charge is 0.497 e. The van der Waals surface area contributed by atoms with E-state index in [-0.39, 0.29) is 18.4 Å². The van der Waals surface area contributed by atoms with Crippen LogP contribution in [-0.2, 0) is 9.59 Å². The Morgan fingerprint density at radius 3 is 2.79 bits per heavy atom. The van der Waals surface area contributed by atoms with Crippen molar-refractivity contribution in [3.05, 3.63) is 36.9 Å². The van der Waals surface area contributed by atoms with E-state index < -0.39 is 0 Å². The molecule has 2 amide bonds. The van der Waals surface area contributed by atoms with Crippen molar-refractivity contribution in [3.63, 3.8) is 0 Å². The van der Waals surface area contributed by atoms with E-state index in [2.05, 4.69) is 11.9 Å². The molecule has 1 aromatic rings. The van der Waals surface area contributed by atoms with Gasteiger partial charge in [-0.2, -0.15) is 0 Å². The highest BCUT2D eigenvalue weighted by molar-refractivity contribution is 5.97. The van der Waals surface area contributed by atoms with Gasteiger partial charge in [-0.05, 0) is 12.1 Å². The molecule has 0 heterocycles. The Morgan fingerprint density at radius 2 is 2.21 bits per heavy atom. The van der Waals surface area contributed by atoms with E-state index in [0.29, 0.717) is 18.0 Å². The van der Waals surface area contributed by atoms with Gasteiger partial charge in [0.25, 0.3) is 0 Å². The molecule has 0 atom stereocenters. The normalized spacial score (nSPS) is 9.58. The van der Waals surface area contributed by atoms with E-state index in [1.807, 2.05) is 0 Å². The first-order valence-electron chi connectivity index (χ1n) is 5.88. The van der Waals surface area contributed by atoms with Crippen LogP contribution in [-0.4, -0.2) is 32.0 Å². The molecule has 5 nitrogen and oxygen atoms in total. The molecule has 0 aromatic heterocycles. The number of anilines is 1. The lowest BCUT2D eigenvalue weighted by atomic mass is 10.2. The van der Waals surface area contributed by atoms with Crippen molar-refractivity contribution in [1.29, 1.82) is 0 Å². The Labute approximate surface area is 112 Å². The standard InChI is InChI=1S/C14H18N2O3/c1-4-8-15-14(18)10-16(11(2)17)12-6-5-7-13(9-12)19-3/h4-7,9H,1,8,10H2,2-3H3,(H,15,18). The van der Waals surface area contributed by atoms with Gasteiger partial charge in [0.1, 0.15) is 12.3 Å². The fraction of sp³-hybridized carbons (Fsp3) is 0.286. The monoisotopic (exact) mass is 262 g/mol. The van der Waals surface area contributed by atoms with Gasteiger partial charge in [0.2, 0.25) is 11.8 Å². The molecule has 0 aliphatic rings. The summed E-state index contributed by atoms with van der Waals surface area (Å²) in [5, 5.41) is 2.63. The lowest BCUT2D eigenvalue weighted by Crippen LogP contribution is -2.39. The second-order valence-electron chi connectivity index (χ2n) is 3.90. The van der Waals surface area contributed by atoms with Crippen molar-refractivity contribution in [2.75, 3.05) is 25.1 Å². The van der Waals surface area contributed by atoms with Crippen molar-refractivity contribution in [2.45, 2.75) is 6.92 Å². The second kappa shape index (κ2) is 7.20. The molecule has 0 saturated heterocycles. The van der Waals surface area contributed by atoms with Crippen LogP contribution >= 0.6 is 0 Å². The number of nitrogens with one attached hydrogen (secondary N) is 1. The lowest BCUT2D eigenvalue weighted by Gasteiger charge is -2.21. The number of rotatable bonds is 6. The molecule has 1 aromatic carbocycles. The van der Waals surface area contributed by atoms with Crippen LogP contribution in [0, 0.1) is 0 Å². The van der Waals surface area contributed by atoms with Crippen molar-refractivity contribution in [1.82, 2.24) is 5.32 Å². The molecule has 0 radical (unpaired) electrons. The Bertz CT molecular complexity index is 472. The fourth-order valence-electron chi connectivity index (χ4n) is 1.55. The number of methoxy groups -OCH3 is 1. The molecular formula is C14H18N2O3. The first-order chi connectivity index (χ1) is 9.08. The highest BCUT2D eigenvalue weighted by Crippen LogP contribution is 2.20. The molecule has 19 heavy (non-hydrogen) atoms. The number of hydrogen-bond donors (Lipinski definition) is 1. The van der Waals surface area contributed by atoms with Crippen LogP contribution in [0.1, 0.15) is 6.92 Å². The molecular weight excluding hydrogens is 244 g/mol. The van der Waals surface area contributed by atoms with Gasteiger partial charge in [0.15, 0.2) is 0 Å². The van der Waals surface area contributed by atoms with Gasteiger partial charge in [-0.3, -0.25) is 9.59 Å². The summed E-state index contributed by atoms with van der Waals surface area (Å²) < 4.78 is 5.10. The molecule has 0 bridgehead atoms. The quantitative estimate of drug-likeness (QED) is 0.787. The number of benzene rings is 1. The van der Waals surface area contributed by atoms with Gasteiger partial charge in [-0.15, -0.1) is 6.58 Å². The molecule has 0 spiro atoms. The smallest absolute Gasteiger partial charge is 0.240 e. The number of ether oxygens (including phenoxy) is 1. The van der Waals surface area contributed by atoms with E-state index >= 15 is 0 Å². The number of hydrogen-bond acceptors (Lipinski definition) is 3. The molecule has 0 aliphatic heterocycles. The zero-order valence-electron chi connectivity index (χ0n) is 11.2. The molecule has 1 N–H and O–H groups in total. The van der Waals surface area contributed by atoms with Crippen molar-refractivity contribution < 1.29 is 14.3 Å². The summed E-state index contributed by atoms with van der Waals surface area (Å²) in [6, 6.07) is 7.01. The maximum Gasteiger partial charge on any atom is 0.240 e. The van der Waals surface area contributed by atoms with E-state index in [4.69, 9.17) is 4.74 Å². The first kappa shape index (κ1) is 14.8. The van der Waals surface area contributed by atoms with Crippen LogP contribution in [0.15, 0.2) is 36.9 Å². The van der Waals surface area contributed by atoms with E-state index in [1.165, 1.54) is 11.8 Å². The van der Waals surface area contributed by atoms with Crippen LogP contribution in [0.5, 0.6) is 5.75 Å². The molecule has 0 unspecified atom stereocenters. The van der Waals surface area contributed by atoms with Gasteiger partial charge < -0.3 is 15.0 Å². The van der Waals surface area contributed by atoms with E-state index in [9.17, 15) is 9.59 Å². The third kappa shape index (κ3) is 4.46. The minimum Gasteiger partial charge on any atom is -0.497 e. The van der Waals surface area contributed by atoms with Crippen LogP contribution in [0.25, 0.3) is 0 Å². The van der Waals surface area contributed by atoms with Crippen molar-refractivity contribution in [2.24, 2.45) is 0 Å². The van der Waals surface area contributed by atoms with Crippen LogP contribution in [0.3, 0.4) is 0 Å². The molecule has 0 aliphatic carbocycles. The van der Waals surface area contributed by atoms with Gasteiger partial charge in [-0.1, -0.05) is 12.1 Å². The first-order valence-corrected chi connectivity index (χ1v) is 5.88. The van der Waals surface area contributed by atoms with Gasteiger partial charge in [-0.25, -0.2) is 0 Å². The minimum atomic E-state index is -0.238. The minimum absolute atomic E-state index is 0.0314. The Balaban J connectivity index is 2.84. The molecule has 102 valence electrons. The topological polar surface area (TPSA) is 58.6 Å². The average molecular weight is 262 g/mol. The molecule has 0 fully saturated rings. The molecule has 0 saturated carbocycles. The van der Waals surface area contributed by atoms with Crippen molar-refractivity contribution >= 4 is 17.5 Å². The number of carbonyl (C=O) groups excluding carboxylic acids is 2. The summed E-state index contributed by atoms with van der Waals surface area (Å²) in [5.41, 5.74) is 0.626. The van der Waals surface area contributed by atoms with E-state index in [0.717, 1.165) is 0 Å². The summed E-state index contributed by atoms with van der Waals surface area (Å²) in [6.07, 6.45) is 1.58. The highest BCUT2D eigenvalue weighted by atomic mass is 16.5. The number of amides is 2. The predicted molar refractivity (Wildman–Crippen MR) is 74.2 cm³/mol. The second-order valence-corrected chi connectivity index (χ2v) is 3.90. The van der Waals surface area contributed by atoms with Gasteiger partial charge in [0, 0.05) is 25.2 Å². The predicted octanol–water partition coefficient (Wildman–Crippen LogP) is 1.35. The van der Waals surface area contributed by atoms with Gasteiger partial charge >= 0.3 is 0 Å². The maximum absolute atomic E-state index is 11.7. The van der Waals surface area contributed by atoms with Crippen LogP contribution in [0.4, 0.5) is 5.69 Å². The van der Waals surface area contributed by atoms with E-state index in [1.54, 1.807) is 37.5 Å². The zero-order valence-corrected chi connectivity index (χ0v) is 11.2. The summed E-state index contributed by atoms with van der Waals surface area (Å²) in [5.74, 6) is 0.190. The number of nitrogens with zero attached hydrogens (tertiary/aromatic N) is 1. The average Bonchev–Trinajstić information content (AvgIpc) is 2.42. The van der Waals surface area contributed by atoms with Gasteiger partial charge in [0.05, 0.1) is 7.11 Å². The summed E-state index contributed by atoms with van der Waals surface area (Å²) >= 11 is 0. The third-order valence-electron chi connectivity index (χ3n) is 2.49. The maximum atomic E-state index is 11.7. The Kier molecular flexibility index (Phi) is 5.60. The third-order valence-corrected chi connectivity index (χ3v) is 2.49. The molecule has 5 heteroatoms. The zero-order chi connectivity index (χ0) is 14.3. The number of carbonyl (C=O) groups is 2. The Morgan fingerprint density at radius 1 is 1.47 bits per heavy atom. The van der Waals surface area contributed by atoms with Crippen molar-refractivity contribution in [3.8, 4) is 5.75 Å². The molecule has 1 rings (SSSR count). The highest BCUT2D eigenvalue weighted by Gasteiger charge is 2.15. The van der Waals surface area contributed by atoms with Crippen LogP contribution < -0.4 is 15.0 Å². The van der Waals surface area contributed by atoms with Crippen LogP contribution in [0.2, 0.25) is 0 Å². The summed E-state index contributed by atoms with van der Waals surface area (Å²) in [4.78, 5) is 24.7. The summed E-state index contributed by atoms with van der Waals surface area (Å²) in [7, 11) is 1.55. The summed E-state index contributed by atoms with van der Waals surface area (Å²) in [6.45, 7) is 5.28. The Hall–Kier alpha value is -2.30. The lowest BCUT2D eigenvalue weighted by molar-refractivity contribution is -0.122. The fourth-order valence-corrected chi connectivity index (χ4v) is 1.55. The SMILES string of the molecule is C=CCNC(=O)CN(C(C)=O)c1cccc(OC)c1.